The Morgan fingerprint density at radius 1 is 1.26 bits per heavy atom. The molecule has 2 N–H and O–H groups in total. The van der Waals surface area contributed by atoms with E-state index in [1.165, 1.54) is 28.6 Å². The van der Waals surface area contributed by atoms with Crippen LogP contribution in [0.2, 0.25) is 0 Å². The van der Waals surface area contributed by atoms with Gasteiger partial charge in [0, 0.05) is 25.6 Å². The van der Waals surface area contributed by atoms with Gasteiger partial charge in [0.2, 0.25) is 21.8 Å². The van der Waals surface area contributed by atoms with Gasteiger partial charge in [-0.05, 0) is 51.0 Å². The lowest BCUT2D eigenvalue weighted by Crippen LogP contribution is -2.49. The summed E-state index contributed by atoms with van der Waals surface area (Å²) >= 11 is 0. The Labute approximate surface area is 159 Å². The summed E-state index contributed by atoms with van der Waals surface area (Å²) in [5, 5.41) is 14.1. The van der Waals surface area contributed by atoms with Gasteiger partial charge in [0.1, 0.15) is 6.04 Å². The molecule has 2 amide bonds. The Bertz CT molecular complexity index is 822. The molecule has 1 aliphatic heterocycles. The monoisotopic (exact) mass is 392 g/mol. The largest absolute Gasteiger partial charge is 0.355 e. The molecule has 1 saturated heterocycles. The van der Waals surface area contributed by atoms with E-state index in [0.29, 0.717) is 24.9 Å². The summed E-state index contributed by atoms with van der Waals surface area (Å²) in [7, 11) is -3.65. The first-order valence-corrected chi connectivity index (χ1v) is 10.3. The van der Waals surface area contributed by atoms with Crippen molar-refractivity contribution in [2.45, 2.75) is 37.6 Å². The average molecular weight is 392 g/mol. The number of nitriles is 1. The molecule has 1 heterocycles. The van der Waals surface area contributed by atoms with Crippen LogP contribution in [0.4, 0.5) is 0 Å². The highest BCUT2D eigenvalue weighted by Crippen LogP contribution is 2.24. The zero-order valence-corrected chi connectivity index (χ0v) is 16.3. The standard InChI is InChI=1S/C18H24N4O4S/c1-3-20-17(23)13(2)21-18(24)15-8-10-22(11-9-15)27(25,26)16-6-4-14(12-19)5-7-16/h4-7,13,15H,3,8-11H2,1-2H3,(H,20,23)(H,21,24)/t13-/m1/s1. The lowest BCUT2D eigenvalue weighted by Gasteiger charge is -2.31. The molecule has 0 unspecified atom stereocenters. The first-order chi connectivity index (χ1) is 12.8. The van der Waals surface area contributed by atoms with Gasteiger partial charge in [-0.2, -0.15) is 9.57 Å². The number of piperidine rings is 1. The van der Waals surface area contributed by atoms with Gasteiger partial charge < -0.3 is 10.6 Å². The Hall–Kier alpha value is -2.44. The number of rotatable bonds is 6. The Morgan fingerprint density at radius 3 is 2.37 bits per heavy atom. The summed E-state index contributed by atoms with van der Waals surface area (Å²) in [5.41, 5.74) is 0.394. The molecule has 0 bridgehead atoms. The van der Waals surface area contributed by atoms with Crippen LogP contribution in [-0.4, -0.2) is 50.2 Å². The van der Waals surface area contributed by atoms with Crippen molar-refractivity contribution in [3.8, 4) is 6.07 Å². The molecule has 2 rings (SSSR count). The molecule has 0 aromatic heterocycles. The molecule has 0 radical (unpaired) electrons. The summed E-state index contributed by atoms with van der Waals surface area (Å²) in [5.74, 6) is -0.801. The number of nitrogens with one attached hydrogen (secondary N) is 2. The molecule has 1 aromatic carbocycles. The fraction of sp³-hybridized carbons (Fsp3) is 0.500. The van der Waals surface area contributed by atoms with Gasteiger partial charge >= 0.3 is 0 Å². The number of carbonyl (C=O) groups is 2. The Kier molecular flexibility index (Phi) is 6.93. The fourth-order valence-corrected chi connectivity index (χ4v) is 4.40. The number of hydrogen-bond donors (Lipinski definition) is 2. The predicted octanol–water partition coefficient (Wildman–Crippen LogP) is 0.600. The van der Waals surface area contributed by atoms with Crippen molar-refractivity contribution in [1.82, 2.24) is 14.9 Å². The second-order valence-electron chi connectivity index (χ2n) is 6.44. The van der Waals surface area contributed by atoms with Gasteiger partial charge in [0.15, 0.2) is 0 Å². The van der Waals surface area contributed by atoms with Crippen LogP contribution in [0.1, 0.15) is 32.3 Å². The van der Waals surface area contributed by atoms with Crippen molar-refractivity contribution in [3.05, 3.63) is 29.8 Å². The Balaban J connectivity index is 1.94. The highest BCUT2D eigenvalue weighted by molar-refractivity contribution is 7.89. The van der Waals surface area contributed by atoms with E-state index in [4.69, 9.17) is 5.26 Å². The molecular weight excluding hydrogens is 368 g/mol. The number of amides is 2. The van der Waals surface area contributed by atoms with Crippen LogP contribution in [0.3, 0.4) is 0 Å². The number of sulfonamides is 1. The molecule has 8 nitrogen and oxygen atoms in total. The molecule has 0 spiro atoms. The van der Waals surface area contributed by atoms with Crippen molar-refractivity contribution in [2.24, 2.45) is 5.92 Å². The molecule has 146 valence electrons. The molecular formula is C18H24N4O4S. The summed E-state index contributed by atoms with van der Waals surface area (Å²) < 4.78 is 26.7. The summed E-state index contributed by atoms with van der Waals surface area (Å²) in [6, 6.07) is 7.10. The topological polar surface area (TPSA) is 119 Å². The minimum atomic E-state index is -3.65. The number of benzene rings is 1. The molecule has 9 heteroatoms. The predicted molar refractivity (Wildman–Crippen MR) is 98.9 cm³/mol. The minimum Gasteiger partial charge on any atom is -0.355 e. The van der Waals surface area contributed by atoms with Crippen LogP contribution < -0.4 is 10.6 Å². The molecule has 1 aromatic rings. The SMILES string of the molecule is CCNC(=O)[C@@H](C)NC(=O)C1CCN(S(=O)(=O)c2ccc(C#N)cc2)CC1. The maximum absolute atomic E-state index is 12.7. The summed E-state index contributed by atoms with van der Waals surface area (Å²) in [6.45, 7) is 4.38. The fourth-order valence-electron chi connectivity index (χ4n) is 2.93. The van der Waals surface area contributed by atoms with Gasteiger partial charge in [0.25, 0.3) is 0 Å². The lowest BCUT2D eigenvalue weighted by molar-refractivity contribution is -0.131. The zero-order chi connectivity index (χ0) is 20.0. The highest BCUT2D eigenvalue weighted by atomic mass is 32.2. The van der Waals surface area contributed by atoms with Crippen molar-refractivity contribution in [3.63, 3.8) is 0 Å². The zero-order valence-electron chi connectivity index (χ0n) is 15.4. The summed E-state index contributed by atoms with van der Waals surface area (Å²) in [6.07, 6.45) is 0.785. The molecule has 27 heavy (non-hydrogen) atoms. The van der Waals surface area contributed by atoms with Gasteiger partial charge in [-0.3, -0.25) is 9.59 Å². The number of likely N-dealkylation sites (N-methyl/N-ethyl adjacent to an activating group) is 1. The van der Waals surface area contributed by atoms with E-state index < -0.39 is 16.1 Å². The normalized spacial score (nSPS) is 16.9. The summed E-state index contributed by atoms with van der Waals surface area (Å²) in [4.78, 5) is 24.2. The van der Waals surface area contributed by atoms with E-state index >= 15 is 0 Å². The van der Waals surface area contributed by atoms with Gasteiger partial charge in [-0.15, -0.1) is 0 Å². The van der Waals surface area contributed by atoms with Crippen LogP contribution in [-0.2, 0) is 19.6 Å². The second kappa shape index (κ2) is 8.97. The lowest BCUT2D eigenvalue weighted by atomic mass is 9.97. The smallest absolute Gasteiger partial charge is 0.243 e. The van der Waals surface area contributed by atoms with Crippen LogP contribution >= 0.6 is 0 Å². The Morgan fingerprint density at radius 2 is 1.85 bits per heavy atom. The maximum Gasteiger partial charge on any atom is 0.243 e. The highest BCUT2D eigenvalue weighted by Gasteiger charge is 2.32. The van der Waals surface area contributed by atoms with Crippen molar-refractivity contribution in [1.29, 1.82) is 5.26 Å². The van der Waals surface area contributed by atoms with E-state index in [-0.39, 0.29) is 35.7 Å². The van der Waals surface area contributed by atoms with Crippen molar-refractivity contribution >= 4 is 21.8 Å². The number of carbonyl (C=O) groups excluding carboxylic acids is 2. The first-order valence-electron chi connectivity index (χ1n) is 8.88. The van der Waals surface area contributed by atoms with Crippen LogP contribution in [0, 0.1) is 17.2 Å². The van der Waals surface area contributed by atoms with Crippen molar-refractivity contribution < 1.29 is 18.0 Å². The molecule has 0 saturated carbocycles. The minimum absolute atomic E-state index is 0.134. The van der Waals surface area contributed by atoms with E-state index in [9.17, 15) is 18.0 Å². The van der Waals surface area contributed by atoms with Crippen molar-refractivity contribution in [2.75, 3.05) is 19.6 Å². The van der Waals surface area contributed by atoms with E-state index in [1.807, 2.05) is 6.07 Å². The number of nitrogens with zero attached hydrogens (tertiary/aromatic N) is 2. The van der Waals surface area contributed by atoms with Gasteiger partial charge in [-0.1, -0.05) is 0 Å². The van der Waals surface area contributed by atoms with Gasteiger partial charge in [-0.25, -0.2) is 8.42 Å². The third kappa shape index (κ3) is 5.05. The van der Waals surface area contributed by atoms with Crippen LogP contribution in [0.25, 0.3) is 0 Å². The molecule has 0 aliphatic carbocycles. The first kappa shape index (κ1) is 20.9. The van der Waals surface area contributed by atoms with Gasteiger partial charge in [0.05, 0.1) is 16.5 Å². The third-order valence-corrected chi connectivity index (χ3v) is 6.46. The maximum atomic E-state index is 12.7. The molecule has 1 fully saturated rings. The van der Waals surface area contributed by atoms with E-state index in [2.05, 4.69) is 10.6 Å². The molecule has 1 aliphatic rings. The second-order valence-corrected chi connectivity index (χ2v) is 8.38. The average Bonchev–Trinajstić information content (AvgIpc) is 2.68. The quantitative estimate of drug-likeness (QED) is 0.735. The van der Waals surface area contributed by atoms with Crippen LogP contribution in [0.5, 0.6) is 0 Å². The molecule has 1 atom stereocenters. The third-order valence-electron chi connectivity index (χ3n) is 4.55. The van der Waals surface area contributed by atoms with E-state index in [0.717, 1.165) is 0 Å². The van der Waals surface area contributed by atoms with E-state index in [1.54, 1.807) is 13.8 Å². The van der Waals surface area contributed by atoms with Crippen LogP contribution in [0.15, 0.2) is 29.2 Å². The number of hydrogen-bond acceptors (Lipinski definition) is 5.